The maximum Gasteiger partial charge on any atom is 0.341 e. The van der Waals surface area contributed by atoms with Gasteiger partial charge in [0.05, 0.1) is 5.56 Å². The van der Waals surface area contributed by atoms with Crippen LogP contribution >= 0.6 is 11.3 Å². The van der Waals surface area contributed by atoms with E-state index in [2.05, 4.69) is 0 Å². The van der Waals surface area contributed by atoms with Gasteiger partial charge in [0.2, 0.25) is 0 Å². The van der Waals surface area contributed by atoms with Crippen molar-refractivity contribution in [3.63, 3.8) is 0 Å². The lowest BCUT2D eigenvalue weighted by Gasteiger charge is -2.12. The fourth-order valence-electron chi connectivity index (χ4n) is 2.61. The molecule has 0 saturated carbocycles. The van der Waals surface area contributed by atoms with E-state index < -0.39 is 0 Å². The number of carbonyl (C=O) groups excluding carboxylic acids is 1. The molecule has 3 rings (SSSR count). The van der Waals surface area contributed by atoms with Gasteiger partial charge in [-0.05, 0) is 36.8 Å². The first kappa shape index (κ1) is 13.2. The Morgan fingerprint density at radius 1 is 1.20 bits per heavy atom. The quantitative estimate of drug-likeness (QED) is 0.878. The molecule has 4 heteroatoms. The van der Waals surface area contributed by atoms with E-state index in [0.29, 0.717) is 17.2 Å². The lowest BCUT2D eigenvalue weighted by Crippen LogP contribution is -2.11. The van der Waals surface area contributed by atoms with Gasteiger partial charge in [0, 0.05) is 4.88 Å². The molecule has 0 unspecified atom stereocenters. The highest BCUT2D eigenvalue weighted by Gasteiger charge is 2.25. The molecule has 0 bridgehead atoms. The van der Waals surface area contributed by atoms with Crippen molar-refractivity contribution in [2.45, 2.75) is 32.3 Å². The zero-order chi connectivity index (χ0) is 13.9. The summed E-state index contributed by atoms with van der Waals surface area (Å²) in [6.45, 7) is 0.295. The molecule has 2 N–H and O–H groups in total. The molecule has 1 heterocycles. The highest BCUT2D eigenvalue weighted by atomic mass is 32.1. The summed E-state index contributed by atoms with van der Waals surface area (Å²) in [7, 11) is 0. The Morgan fingerprint density at radius 3 is 2.75 bits per heavy atom. The second-order valence-electron chi connectivity index (χ2n) is 5.01. The summed E-state index contributed by atoms with van der Waals surface area (Å²) in [6.07, 6.45) is 4.29. The summed E-state index contributed by atoms with van der Waals surface area (Å²) in [5.41, 5.74) is 8.73. The van der Waals surface area contributed by atoms with Gasteiger partial charge >= 0.3 is 5.97 Å². The monoisotopic (exact) mass is 287 g/mol. The molecule has 1 aromatic heterocycles. The van der Waals surface area contributed by atoms with Gasteiger partial charge in [0.15, 0.2) is 0 Å². The number of aryl methyl sites for hydroxylation is 1. The maximum absolute atomic E-state index is 12.3. The van der Waals surface area contributed by atoms with Crippen molar-refractivity contribution in [1.82, 2.24) is 0 Å². The summed E-state index contributed by atoms with van der Waals surface area (Å²) in [5, 5.41) is 0.606. The Morgan fingerprint density at radius 2 is 1.95 bits per heavy atom. The van der Waals surface area contributed by atoms with Crippen molar-refractivity contribution >= 4 is 22.3 Å². The first-order chi connectivity index (χ1) is 9.75. The molecule has 3 nitrogen and oxygen atoms in total. The van der Waals surface area contributed by atoms with Crippen LogP contribution in [0.2, 0.25) is 0 Å². The minimum Gasteiger partial charge on any atom is -0.457 e. The highest BCUT2D eigenvalue weighted by molar-refractivity contribution is 7.16. The molecule has 20 heavy (non-hydrogen) atoms. The molecule has 2 aromatic rings. The summed E-state index contributed by atoms with van der Waals surface area (Å²) < 4.78 is 5.41. The van der Waals surface area contributed by atoms with Gasteiger partial charge in [-0.2, -0.15) is 0 Å². The maximum atomic E-state index is 12.3. The van der Waals surface area contributed by atoms with Gasteiger partial charge in [0.1, 0.15) is 11.6 Å². The normalized spacial score (nSPS) is 13.8. The van der Waals surface area contributed by atoms with Crippen LogP contribution in [0.25, 0.3) is 0 Å². The molecule has 104 valence electrons. The number of ether oxygens (including phenoxy) is 1. The lowest BCUT2D eigenvalue weighted by molar-refractivity contribution is 0.0473. The van der Waals surface area contributed by atoms with Crippen LogP contribution in [0.4, 0.5) is 5.00 Å². The predicted molar refractivity (Wildman–Crippen MR) is 80.9 cm³/mol. The van der Waals surface area contributed by atoms with Crippen LogP contribution in [0, 0.1) is 0 Å². The summed E-state index contributed by atoms with van der Waals surface area (Å²) in [6, 6.07) is 9.70. The van der Waals surface area contributed by atoms with Gasteiger partial charge in [-0.3, -0.25) is 0 Å². The van der Waals surface area contributed by atoms with Crippen LogP contribution in [0.3, 0.4) is 0 Å². The van der Waals surface area contributed by atoms with Crippen LogP contribution in [-0.2, 0) is 24.2 Å². The Bertz CT molecular complexity index is 619. The van der Waals surface area contributed by atoms with E-state index in [0.717, 1.165) is 30.4 Å². The van der Waals surface area contributed by atoms with Gasteiger partial charge in [-0.25, -0.2) is 4.79 Å². The number of hydrogen-bond donors (Lipinski definition) is 1. The molecule has 1 aliphatic carbocycles. The first-order valence-corrected chi connectivity index (χ1v) is 7.68. The summed E-state index contributed by atoms with van der Waals surface area (Å²) in [4.78, 5) is 13.5. The van der Waals surface area contributed by atoms with Crippen LogP contribution in [0.5, 0.6) is 0 Å². The standard InChI is InChI=1S/C16H17NO2S/c17-15-14(12-8-4-5-9-13(12)20-15)16(18)19-10-11-6-2-1-3-7-11/h1-3,6-7H,4-5,8-10,17H2. The van der Waals surface area contributed by atoms with E-state index in [9.17, 15) is 4.79 Å². The number of thiophene rings is 1. The van der Waals surface area contributed by atoms with Gasteiger partial charge in [0.25, 0.3) is 0 Å². The van der Waals surface area contributed by atoms with E-state index in [1.807, 2.05) is 30.3 Å². The first-order valence-electron chi connectivity index (χ1n) is 6.87. The third kappa shape index (κ3) is 2.56. The third-order valence-electron chi connectivity index (χ3n) is 3.62. The number of nitrogens with two attached hydrogens (primary N) is 1. The average Bonchev–Trinajstić information content (AvgIpc) is 2.82. The second-order valence-corrected chi connectivity index (χ2v) is 6.15. The molecule has 0 fully saturated rings. The average molecular weight is 287 g/mol. The fraction of sp³-hybridized carbons (Fsp3) is 0.312. The van der Waals surface area contributed by atoms with Crippen LogP contribution in [0.15, 0.2) is 30.3 Å². The molecule has 0 atom stereocenters. The number of hydrogen-bond acceptors (Lipinski definition) is 4. The van der Waals surface area contributed by atoms with E-state index in [-0.39, 0.29) is 5.97 Å². The molecular weight excluding hydrogens is 270 g/mol. The number of fused-ring (bicyclic) bond motifs is 1. The largest absolute Gasteiger partial charge is 0.457 e. The van der Waals surface area contributed by atoms with Crippen LogP contribution < -0.4 is 5.73 Å². The van der Waals surface area contributed by atoms with Crippen molar-refractivity contribution < 1.29 is 9.53 Å². The minimum atomic E-state index is -0.286. The van der Waals surface area contributed by atoms with E-state index in [1.165, 1.54) is 11.3 Å². The van der Waals surface area contributed by atoms with Crippen molar-refractivity contribution in [2.75, 3.05) is 5.73 Å². The van der Waals surface area contributed by atoms with Crippen molar-refractivity contribution in [1.29, 1.82) is 0 Å². The molecule has 0 spiro atoms. The van der Waals surface area contributed by atoms with Crippen molar-refractivity contribution in [3.8, 4) is 0 Å². The van der Waals surface area contributed by atoms with Crippen LogP contribution in [0.1, 0.15) is 39.2 Å². The Kier molecular flexibility index (Phi) is 3.74. The molecule has 0 amide bonds. The molecule has 0 radical (unpaired) electrons. The zero-order valence-corrected chi connectivity index (χ0v) is 12.0. The van der Waals surface area contributed by atoms with Gasteiger partial charge in [-0.15, -0.1) is 11.3 Å². The molecular formula is C16H17NO2S. The van der Waals surface area contributed by atoms with Crippen molar-refractivity contribution in [3.05, 3.63) is 51.9 Å². The van der Waals surface area contributed by atoms with Crippen molar-refractivity contribution in [2.24, 2.45) is 0 Å². The van der Waals surface area contributed by atoms with Crippen LogP contribution in [-0.4, -0.2) is 5.97 Å². The number of esters is 1. The fourth-order valence-corrected chi connectivity index (χ4v) is 3.75. The highest BCUT2D eigenvalue weighted by Crippen LogP contribution is 2.36. The van der Waals surface area contributed by atoms with E-state index >= 15 is 0 Å². The SMILES string of the molecule is Nc1sc2c(c1C(=O)OCc1ccccc1)CCCC2. The zero-order valence-electron chi connectivity index (χ0n) is 11.2. The van der Waals surface area contributed by atoms with Gasteiger partial charge in [-0.1, -0.05) is 30.3 Å². The number of carbonyl (C=O) groups is 1. The smallest absolute Gasteiger partial charge is 0.341 e. The number of nitrogen functional groups attached to an aromatic ring is 1. The van der Waals surface area contributed by atoms with E-state index in [1.54, 1.807) is 11.3 Å². The van der Waals surface area contributed by atoms with E-state index in [4.69, 9.17) is 10.5 Å². The Balaban J connectivity index is 1.76. The molecule has 0 aliphatic heterocycles. The molecule has 0 saturated heterocycles. The lowest BCUT2D eigenvalue weighted by atomic mass is 9.95. The Labute approximate surface area is 122 Å². The number of rotatable bonds is 3. The Hall–Kier alpha value is -1.81. The predicted octanol–water partition coefficient (Wildman–Crippen LogP) is 3.57. The third-order valence-corrected chi connectivity index (χ3v) is 4.74. The minimum absolute atomic E-state index is 0.286. The summed E-state index contributed by atoms with van der Waals surface area (Å²) >= 11 is 1.54. The molecule has 1 aromatic carbocycles. The number of anilines is 1. The number of benzene rings is 1. The second kappa shape index (κ2) is 5.67. The molecule has 1 aliphatic rings. The summed E-state index contributed by atoms with van der Waals surface area (Å²) in [5.74, 6) is -0.286. The topological polar surface area (TPSA) is 52.3 Å². The van der Waals surface area contributed by atoms with Gasteiger partial charge < -0.3 is 10.5 Å².